The van der Waals surface area contributed by atoms with E-state index in [1.54, 1.807) is 24.7 Å². The molecule has 0 spiro atoms. The quantitative estimate of drug-likeness (QED) is 0.204. The zero-order valence-electron chi connectivity index (χ0n) is 21.8. The number of fused-ring (bicyclic) bond motifs is 2. The van der Waals surface area contributed by atoms with Gasteiger partial charge in [-0.05, 0) is 60.7 Å². The second-order valence-electron chi connectivity index (χ2n) is 10.2. The van der Waals surface area contributed by atoms with Gasteiger partial charge in [-0.3, -0.25) is 14.9 Å². The van der Waals surface area contributed by atoms with E-state index in [1.807, 2.05) is 18.2 Å². The first-order chi connectivity index (χ1) is 19.6. The first kappa shape index (κ1) is 24.6. The standard InChI is InChI=1S/C30H26FN7OS/c1-2-16-9-18(11-20(10-16)34-30(39)17-5-3-4-6-17)19-12-21-27(37-38-28(21)33-13-19)29-35-23-15-32-14-22(26(23)36-29)24-7-8-25(31)40-24/h7-15,17H,2-6H2,1H3,(H,34,39)(H,35,36)(H,33,37,38). The van der Waals surface area contributed by atoms with Crippen molar-refractivity contribution in [2.45, 2.75) is 39.0 Å². The summed E-state index contributed by atoms with van der Waals surface area (Å²) in [6, 6.07) is 11.4. The van der Waals surface area contributed by atoms with Gasteiger partial charge in [0.25, 0.3) is 0 Å². The van der Waals surface area contributed by atoms with Gasteiger partial charge < -0.3 is 10.3 Å². The number of imidazole rings is 1. The first-order valence-electron chi connectivity index (χ1n) is 13.4. The molecule has 0 atom stereocenters. The molecule has 1 aromatic carbocycles. The van der Waals surface area contributed by atoms with Crippen LogP contribution in [0.3, 0.4) is 0 Å². The summed E-state index contributed by atoms with van der Waals surface area (Å²) in [4.78, 5) is 30.7. The molecule has 5 heterocycles. The van der Waals surface area contributed by atoms with E-state index in [4.69, 9.17) is 4.98 Å². The topological polar surface area (TPSA) is 112 Å². The van der Waals surface area contributed by atoms with Gasteiger partial charge in [-0.15, -0.1) is 11.3 Å². The Balaban J connectivity index is 1.27. The number of rotatable bonds is 6. The third kappa shape index (κ3) is 4.44. The monoisotopic (exact) mass is 551 g/mol. The summed E-state index contributed by atoms with van der Waals surface area (Å²) in [6.07, 6.45) is 10.2. The minimum absolute atomic E-state index is 0.0959. The molecule has 5 aromatic heterocycles. The number of aromatic nitrogens is 6. The lowest BCUT2D eigenvalue weighted by Crippen LogP contribution is -2.20. The molecule has 1 saturated carbocycles. The number of aromatic amines is 2. The smallest absolute Gasteiger partial charge is 0.227 e. The predicted octanol–water partition coefficient (Wildman–Crippen LogP) is 7.12. The second-order valence-corrected chi connectivity index (χ2v) is 11.2. The summed E-state index contributed by atoms with van der Waals surface area (Å²) >= 11 is 1.06. The number of carbonyl (C=O) groups excluding carboxylic acids is 1. The van der Waals surface area contributed by atoms with Crippen molar-refractivity contribution in [1.29, 1.82) is 0 Å². The minimum atomic E-state index is -0.255. The molecule has 1 amide bonds. The molecule has 8 nitrogen and oxygen atoms in total. The van der Waals surface area contributed by atoms with Gasteiger partial charge >= 0.3 is 0 Å². The van der Waals surface area contributed by atoms with Crippen LogP contribution in [0.5, 0.6) is 0 Å². The third-order valence-electron chi connectivity index (χ3n) is 7.61. The summed E-state index contributed by atoms with van der Waals surface area (Å²) in [6.45, 7) is 2.10. The lowest BCUT2D eigenvalue weighted by atomic mass is 10.0. The van der Waals surface area contributed by atoms with Crippen LogP contribution in [0.1, 0.15) is 38.2 Å². The number of carbonyl (C=O) groups is 1. The largest absolute Gasteiger partial charge is 0.335 e. The molecule has 200 valence electrons. The van der Waals surface area contributed by atoms with Crippen molar-refractivity contribution in [3.8, 4) is 33.1 Å². The number of amides is 1. The van der Waals surface area contributed by atoms with Crippen LogP contribution in [0.15, 0.2) is 55.0 Å². The molecule has 0 radical (unpaired) electrons. The minimum Gasteiger partial charge on any atom is -0.335 e. The van der Waals surface area contributed by atoms with Crippen LogP contribution >= 0.6 is 11.3 Å². The number of nitrogens with zero attached hydrogens (tertiary/aromatic N) is 4. The lowest BCUT2D eigenvalue weighted by molar-refractivity contribution is -0.119. The number of nitrogens with one attached hydrogen (secondary N) is 3. The molecule has 3 N–H and O–H groups in total. The molecule has 6 aromatic rings. The highest BCUT2D eigenvalue weighted by molar-refractivity contribution is 7.14. The molecule has 0 aliphatic heterocycles. The molecular formula is C30H26FN7OS. The Bertz CT molecular complexity index is 1880. The van der Waals surface area contributed by atoms with Crippen LogP contribution in [0.25, 0.3) is 55.2 Å². The average molecular weight is 552 g/mol. The Labute approximate surface area is 233 Å². The van der Waals surface area contributed by atoms with Crippen LogP contribution in [-0.2, 0) is 11.2 Å². The zero-order valence-corrected chi connectivity index (χ0v) is 22.6. The van der Waals surface area contributed by atoms with E-state index in [2.05, 4.69) is 43.5 Å². The van der Waals surface area contributed by atoms with E-state index in [1.165, 1.54) is 6.07 Å². The molecule has 10 heteroatoms. The van der Waals surface area contributed by atoms with Crippen molar-refractivity contribution in [2.24, 2.45) is 5.92 Å². The highest BCUT2D eigenvalue weighted by atomic mass is 32.1. The molecule has 1 fully saturated rings. The van der Waals surface area contributed by atoms with Crippen molar-refractivity contribution in [3.63, 3.8) is 0 Å². The Kier molecular flexibility index (Phi) is 6.11. The van der Waals surface area contributed by atoms with Gasteiger partial charge in [0, 0.05) is 40.0 Å². The molecule has 1 aliphatic rings. The van der Waals surface area contributed by atoms with Gasteiger partial charge in [0.15, 0.2) is 16.6 Å². The fraction of sp³-hybridized carbons (Fsp3) is 0.233. The fourth-order valence-electron chi connectivity index (χ4n) is 5.50. The number of H-pyrrole nitrogens is 2. The number of hydrogen-bond donors (Lipinski definition) is 3. The van der Waals surface area contributed by atoms with Gasteiger partial charge in [-0.1, -0.05) is 25.8 Å². The molecule has 40 heavy (non-hydrogen) atoms. The molecular weight excluding hydrogens is 525 g/mol. The Morgan fingerprint density at radius 1 is 1.10 bits per heavy atom. The highest BCUT2D eigenvalue weighted by Crippen LogP contribution is 2.35. The van der Waals surface area contributed by atoms with Crippen LogP contribution in [0, 0.1) is 11.0 Å². The predicted molar refractivity (Wildman–Crippen MR) is 155 cm³/mol. The highest BCUT2D eigenvalue weighted by Gasteiger charge is 2.23. The first-order valence-corrected chi connectivity index (χ1v) is 14.3. The number of benzene rings is 1. The number of pyridine rings is 2. The SMILES string of the molecule is CCc1cc(NC(=O)C2CCCC2)cc(-c2cnc3n[nH]c(-c4nc5c(-c6ccc(F)s6)cncc5[nH]4)c3c2)c1. The van der Waals surface area contributed by atoms with Crippen molar-refractivity contribution in [2.75, 3.05) is 5.32 Å². The number of aryl methyl sites for hydroxylation is 1. The second kappa shape index (κ2) is 9.95. The van der Waals surface area contributed by atoms with E-state index in [0.717, 1.165) is 87.2 Å². The van der Waals surface area contributed by atoms with E-state index >= 15 is 0 Å². The van der Waals surface area contributed by atoms with Crippen molar-refractivity contribution >= 4 is 45.0 Å². The van der Waals surface area contributed by atoms with Crippen molar-refractivity contribution < 1.29 is 9.18 Å². The fourth-order valence-corrected chi connectivity index (χ4v) is 6.24. The Morgan fingerprint density at radius 2 is 1.98 bits per heavy atom. The van der Waals surface area contributed by atoms with Gasteiger partial charge in [0.2, 0.25) is 5.91 Å². The van der Waals surface area contributed by atoms with E-state index < -0.39 is 0 Å². The molecule has 0 saturated heterocycles. The summed E-state index contributed by atoms with van der Waals surface area (Å²) in [5, 5.41) is 11.2. The van der Waals surface area contributed by atoms with Gasteiger partial charge in [0.05, 0.1) is 17.1 Å². The zero-order chi connectivity index (χ0) is 27.2. The van der Waals surface area contributed by atoms with Gasteiger partial charge in [-0.2, -0.15) is 9.49 Å². The maximum atomic E-state index is 13.7. The molecule has 0 unspecified atom stereocenters. The molecule has 7 rings (SSSR count). The van der Waals surface area contributed by atoms with Crippen LogP contribution < -0.4 is 5.32 Å². The Morgan fingerprint density at radius 3 is 2.77 bits per heavy atom. The van der Waals surface area contributed by atoms with Crippen LogP contribution in [-0.4, -0.2) is 36.0 Å². The summed E-state index contributed by atoms with van der Waals surface area (Å²) in [7, 11) is 0. The summed E-state index contributed by atoms with van der Waals surface area (Å²) in [5.41, 5.74) is 7.30. The normalized spacial score (nSPS) is 13.9. The number of thiophene rings is 1. The molecule has 1 aliphatic carbocycles. The number of anilines is 1. The van der Waals surface area contributed by atoms with Gasteiger partial charge in [0.1, 0.15) is 11.2 Å². The van der Waals surface area contributed by atoms with Crippen LogP contribution in [0.4, 0.5) is 10.1 Å². The van der Waals surface area contributed by atoms with Crippen molar-refractivity contribution in [1.82, 2.24) is 30.1 Å². The maximum absolute atomic E-state index is 13.7. The van der Waals surface area contributed by atoms with E-state index in [-0.39, 0.29) is 17.0 Å². The van der Waals surface area contributed by atoms with E-state index in [9.17, 15) is 9.18 Å². The van der Waals surface area contributed by atoms with E-state index in [0.29, 0.717) is 22.7 Å². The van der Waals surface area contributed by atoms with Crippen LogP contribution in [0.2, 0.25) is 0 Å². The number of halogens is 1. The van der Waals surface area contributed by atoms with Crippen molar-refractivity contribution in [3.05, 3.63) is 65.7 Å². The Hall–Kier alpha value is -4.44. The number of hydrogen-bond acceptors (Lipinski definition) is 6. The summed E-state index contributed by atoms with van der Waals surface area (Å²) < 4.78 is 13.7. The van der Waals surface area contributed by atoms with Gasteiger partial charge in [-0.25, -0.2) is 9.97 Å². The average Bonchev–Trinajstić information content (AvgIpc) is 3.78. The maximum Gasteiger partial charge on any atom is 0.227 e. The third-order valence-corrected chi connectivity index (χ3v) is 8.51. The summed E-state index contributed by atoms with van der Waals surface area (Å²) in [5.74, 6) is 0.791. The molecule has 0 bridgehead atoms. The lowest BCUT2D eigenvalue weighted by Gasteiger charge is -2.13.